The molecule has 0 fully saturated rings. The molecule has 0 aromatic carbocycles. The van der Waals surface area contributed by atoms with Crippen LogP contribution in [0.5, 0.6) is 0 Å². The Morgan fingerprint density at radius 1 is 0.700 bits per heavy atom. The molecule has 0 heterocycles. The number of ether oxygens (including phenoxy) is 1. The van der Waals surface area contributed by atoms with Gasteiger partial charge in [-0.05, 0) is 13.0 Å². The highest BCUT2D eigenvalue weighted by molar-refractivity contribution is 5.01. The van der Waals surface area contributed by atoms with Gasteiger partial charge in [-0.1, -0.05) is 6.08 Å². The molecular formula is C8H5F11O. The van der Waals surface area contributed by atoms with Crippen LogP contribution in [0.3, 0.4) is 0 Å². The maximum atomic E-state index is 13.1. The van der Waals surface area contributed by atoms with Gasteiger partial charge < -0.3 is 0 Å². The molecule has 0 N–H and O–H groups in total. The molecule has 1 unspecified atom stereocenters. The standard InChI is InChI=1S/C8H5F11O/c1-2-3-4(9,6(12,13)14)20-8(18,19)5(10,11)7(15,16)17/h2-3H,1H3/b3-2+. The van der Waals surface area contributed by atoms with Crippen molar-refractivity contribution in [2.24, 2.45) is 0 Å². The van der Waals surface area contributed by atoms with Crippen LogP contribution in [0, 0.1) is 0 Å². The summed E-state index contributed by atoms with van der Waals surface area (Å²) in [7, 11) is 0. The SMILES string of the molecule is C/C=C/C(F)(OC(F)(F)C(F)(F)C(F)(F)F)C(F)(F)F. The zero-order chi connectivity index (χ0) is 16.6. The van der Waals surface area contributed by atoms with Crippen LogP contribution in [-0.2, 0) is 4.74 Å². The summed E-state index contributed by atoms with van der Waals surface area (Å²) in [6.07, 6.45) is -20.7. The van der Waals surface area contributed by atoms with E-state index in [2.05, 4.69) is 4.74 Å². The van der Waals surface area contributed by atoms with Crippen molar-refractivity contribution in [1.82, 2.24) is 0 Å². The highest BCUT2D eigenvalue weighted by atomic mass is 19.4. The zero-order valence-corrected chi connectivity index (χ0v) is 9.22. The first-order valence-electron chi connectivity index (χ1n) is 4.44. The van der Waals surface area contributed by atoms with Gasteiger partial charge in [-0.15, -0.1) is 0 Å². The van der Waals surface area contributed by atoms with E-state index in [0.29, 0.717) is 6.92 Å². The number of rotatable bonds is 4. The maximum Gasteiger partial charge on any atom is 0.462 e. The van der Waals surface area contributed by atoms with Crippen molar-refractivity contribution in [2.75, 3.05) is 0 Å². The van der Waals surface area contributed by atoms with Gasteiger partial charge in [-0.3, -0.25) is 4.74 Å². The molecule has 0 rings (SSSR count). The third kappa shape index (κ3) is 3.33. The molecule has 1 nitrogen and oxygen atoms in total. The monoisotopic (exact) mass is 326 g/mol. The van der Waals surface area contributed by atoms with E-state index in [0.717, 1.165) is 0 Å². The van der Waals surface area contributed by atoms with Crippen molar-refractivity contribution >= 4 is 0 Å². The Morgan fingerprint density at radius 2 is 1.10 bits per heavy atom. The predicted molar refractivity (Wildman–Crippen MR) is 41.7 cm³/mol. The second-order valence-corrected chi connectivity index (χ2v) is 3.33. The van der Waals surface area contributed by atoms with Gasteiger partial charge >= 0.3 is 30.2 Å². The van der Waals surface area contributed by atoms with E-state index in [4.69, 9.17) is 0 Å². The molecule has 0 aliphatic rings. The van der Waals surface area contributed by atoms with Gasteiger partial charge in [-0.2, -0.15) is 48.3 Å². The Bertz CT molecular complexity index is 366. The first kappa shape index (κ1) is 18.9. The topological polar surface area (TPSA) is 9.23 Å². The summed E-state index contributed by atoms with van der Waals surface area (Å²) in [6, 6.07) is 0. The van der Waals surface area contributed by atoms with Crippen molar-refractivity contribution in [1.29, 1.82) is 0 Å². The van der Waals surface area contributed by atoms with Crippen LogP contribution in [0.4, 0.5) is 48.3 Å². The lowest BCUT2D eigenvalue weighted by Gasteiger charge is -2.33. The summed E-state index contributed by atoms with van der Waals surface area (Å²) in [5.74, 6) is -12.5. The number of halogens is 11. The molecule has 120 valence electrons. The fraction of sp³-hybridized carbons (Fsp3) is 0.750. The Labute approximate surface area is 104 Å². The van der Waals surface area contributed by atoms with E-state index in [9.17, 15) is 48.3 Å². The van der Waals surface area contributed by atoms with Crippen molar-refractivity contribution in [2.45, 2.75) is 37.2 Å². The van der Waals surface area contributed by atoms with Crippen LogP contribution in [0.2, 0.25) is 0 Å². The Kier molecular flexibility index (Phi) is 4.77. The van der Waals surface area contributed by atoms with E-state index >= 15 is 0 Å². The van der Waals surface area contributed by atoms with Crippen LogP contribution in [0.1, 0.15) is 6.92 Å². The highest BCUT2D eigenvalue weighted by Crippen LogP contribution is 2.51. The molecule has 0 aliphatic heterocycles. The van der Waals surface area contributed by atoms with Gasteiger partial charge in [0.25, 0.3) is 0 Å². The first-order chi connectivity index (χ1) is 8.52. The molecule has 0 saturated carbocycles. The third-order valence-electron chi connectivity index (χ3n) is 1.77. The summed E-state index contributed by atoms with van der Waals surface area (Å²) in [5.41, 5.74) is 0. The molecule has 12 heteroatoms. The molecule has 0 bridgehead atoms. The van der Waals surface area contributed by atoms with E-state index in [1.807, 2.05) is 0 Å². The molecule has 1 atom stereocenters. The summed E-state index contributed by atoms with van der Waals surface area (Å²) in [6.45, 7) is 0.670. The van der Waals surface area contributed by atoms with Crippen LogP contribution < -0.4 is 0 Å². The second kappa shape index (κ2) is 5.04. The Hall–Kier alpha value is -1.07. The van der Waals surface area contributed by atoms with E-state index in [1.54, 1.807) is 0 Å². The van der Waals surface area contributed by atoms with Gasteiger partial charge in [-0.25, -0.2) is 0 Å². The van der Waals surface area contributed by atoms with Crippen molar-refractivity contribution in [3.63, 3.8) is 0 Å². The number of hydrogen-bond donors (Lipinski definition) is 0. The largest absolute Gasteiger partial charge is 0.462 e. The summed E-state index contributed by atoms with van der Waals surface area (Å²) in [5, 5.41) is 0. The minimum atomic E-state index is -7.02. The van der Waals surface area contributed by atoms with Crippen LogP contribution in [-0.4, -0.2) is 30.2 Å². The summed E-state index contributed by atoms with van der Waals surface area (Å²) < 4.78 is 136. The van der Waals surface area contributed by atoms with Crippen molar-refractivity contribution < 1.29 is 53.0 Å². The van der Waals surface area contributed by atoms with E-state index in [-0.39, 0.29) is 6.08 Å². The van der Waals surface area contributed by atoms with Gasteiger partial charge in [0.15, 0.2) is 0 Å². The zero-order valence-electron chi connectivity index (χ0n) is 9.22. The second-order valence-electron chi connectivity index (χ2n) is 3.33. The van der Waals surface area contributed by atoms with Crippen molar-refractivity contribution in [3.8, 4) is 0 Å². The molecule has 0 spiro atoms. The first-order valence-corrected chi connectivity index (χ1v) is 4.44. The predicted octanol–water partition coefficient (Wildman–Crippen LogP) is 4.60. The number of alkyl halides is 11. The minimum Gasteiger partial charge on any atom is -0.266 e. The van der Waals surface area contributed by atoms with E-state index < -0.39 is 36.3 Å². The van der Waals surface area contributed by atoms with Gasteiger partial charge in [0.1, 0.15) is 0 Å². The molecular weight excluding hydrogens is 321 g/mol. The lowest BCUT2D eigenvalue weighted by molar-refractivity contribution is -0.473. The fourth-order valence-electron chi connectivity index (χ4n) is 0.816. The molecule has 0 radical (unpaired) electrons. The number of allylic oxidation sites excluding steroid dienone is 1. The van der Waals surface area contributed by atoms with E-state index in [1.165, 1.54) is 0 Å². The molecule has 0 aromatic heterocycles. The Morgan fingerprint density at radius 3 is 1.35 bits per heavy atom. The van der Waals surface area contributed by atoms with Gasteiger partial charge in [0.2, 0.25) is 0 Å². The molecule has 0 saturated heterocycles. The van der Waals surface area contributed by atoms with Gasteiger partial charge in [0, 0.05) is 0 Å². The third-order valence-corrected chi connectivity index (χ3v) is 1.77. The lowest BCUT2D eigenvalue weighted by Crippen LogP contribution is -2.58. The van der Waals surface area contributed by atoms with Crippen LogP contribution in [0.25, 0.3) is 0 Å². The molecule has 0 aromatic rings. The molecule has 20 heavy (non-hydrogen) atoms. The van der Waals surface area contributed by atoms with Crippen LogP contribution in [0.15, 0.2) is 12.2 Å². The maximum absolute atomic E-state index is 13.1. The average molecular weight is 326 g/mol. The molecule has 0 amide bonds. The number of hydrogen-bond acceptors (Lipinski definition) is 1. The summed E-state index contributed by atoms with van der Waals surface area (Å²) >= 11 is 0. The fourth-order valence-corrected chi connectivity index (χ4v) is 0.816. The minimum absolute atomic E-state index is 0.148. The Balaban J connectivity index is 5.66. The normalized spacial score (nSPS) is 18.4. The quantitative estimate of drug-likeness (QED) is 0.542. The smallest absolute Gasteiger partial charge is 0.266 e. The average Bonchev–Trinajstić information content (AvgIpc) is 2.12. The van der Waals surface area contributed by atoms with Crippen molar-refractivity contribution in [3.05, 3.63) is 12.2 Å². The lowest BCUT2D eigenvalue weighted by atomic mass is 10.2. The highest BCUT2D eigenvalue weighted by Gasteiger charge is 2.77. The molecule has 0 aliphatic carbocycles. The van der Waals surface area contributed by atoms with Crippen LogP contribution >= 0.6 is 0 Å². The van der Waals surface area contributed by atoms with Gasteiger partial charge in [0.05, 0.1) is 0 Å². The summed E-state index contributed by atoms with van der Waals surface area (Å²) in [4.78, 5) is 0.